The molecule has 7 heteroatoms. The molecule has 0 saturated carbocycles. The lowest BCUT2D eigenvalue weighted by molar-refractivity contribution is -0.141. The van der Waals surface area contributed by atoms with E-state index in [1.165, 1.54) is 0 Å². The lowest BCUT2D eigenvalue weighted by Gasteiger charge is -2.31. The van der Waals surface area contributed by atoms with Gasteiger partial charge in [-0.3, -0.25) is 9.59 Å². The molecule has 0 saturated heterocycles. The first-order valence-electron chi connectivity index (χ1n) is 7.96. The fourth-order valence-corrected chi connectivity index (χ4v) is 4.02. The normalized spacial score (nSPS) is 18.7. The van der Waals surface area contributed by atoms with E-state index in [0.717, 1.165) is 12.2 Å². The molecule has 0 aliphatic rings. The number of carbonyl (C=O) groups is 2. The number of hydrogen-bond acceptors (Lipinski definition) is 5. The zero-order chi connectivity index (χ0) is 18.4. The summed E-state index contributed by atoms with van der Waals surface area (Å²) in [5.74, 6) is -0.780. The molecular formula is C16H32N2O4S. The van der Waals surface area contributed by atoms with Gasteiger partial charge >= 0.3 is 11.9 Å². The van der Waals surface area contributed by atoms with Gasteiger partial charge in [0.2, 0.25) is 0 Å². The smallest absolute Gasteiger partial charge is 0.321 e. The third kappa shape index (κ3) is 8.04. The fourth-order valence-electron chi connectivity index (χ4n) is 2.68. The van der Waals surface area contributed by atoms with Gasteiger partial charge in [0.1, 0.15) is 12.1 Å². The Morgan fingerprint density at radius 2 is 1.61 bits per heavy atom. The van der Waals surface area contributed by atoms with E-state index in [9.17, 15) is 9.59 Å². The second-order valence-electron chi connectivity index (χ2n) is 7.33. The van der Waals surface area contributed by atoms with Crippen LogP contribution >= 0.6 is 11.8 Å². The minimum atomic E-state index is -0.975. The van der Waals surface area contributed by atoms with Gasteiger partial charge in [0.15, 0.2) is 0 Å². The van der Waals surface area contributed by atoms with Gasteiger partial charge < -0.3 is 21.7 Å². The molecule has 0 spiro atoms. The molecular weight excluding hydrogens is 316 g/mol. The summed E-state index contributed by atoms with van der Waals surface area (Å²) in [6.45, 7) is 9.76. The van der Waals surface area contributed by atoms with E-state index in [0.29, 0.717) is 12.3 Å². The van der Waals surface area contributed by atoms with Gasteiger partial charge in [-0.1, -0.05) is 34.6 Å². The van der Waals surface area contributed by atoms with Crippen molar-refractivity contribution in [2.24, 2.45) is 28.7 Å². The number of nitrogens with two attached hydrogens (primary N) is 2. The summed E-state index contributed by atoms with van der Waals surface area (Å²) in [6, 6.07) is -1.70. The molecule has 0 aliphatic carbocycles. The van der Waals surface area contributed by atoms with E-state index < -0.39 is 29.4 Å². The number of thioether (sulfide) groups is 1. The van der Waals surface area contributed by atoms with E-state index in [2.05, 4.69) is 13.8 Å². The number of hydrogen-bond donors (Lipinski definition) is 4. The summed E-state index contributed by atoms with van der Waals surface area (Å²) < 4.78 is 0. The second-order valence-corrected chi connectivity index (χ2v) is 8.81. The van der Waals surface area contributed by atoms with Crippen LogP contribution in [0.25, 0.3) is 0 Å². The Balaban J connectivity index is 4.30. The summed E-state index contributed by atoms with van der Waals surface area (Å²) in [7, 11) is 0. The maximum atomic E-state index is 11.0. The molecule has 0 fully saturated rings. The van der Waals surface area contributed by atoms with Gasteiger partial charge in [0.25, 0.3) is 0 Å². The Labute approximate surface area is 143 Å². The van der Waals surface area contributed by atoms with Crippen molar-refractivity contribution in [3.05, 3.63) is 0 Å². The highest BCUT2D eigenvalue weighted by molar-refractivity contribution is 7.99. The Bertz CT molecular complexity index is 404. The maximum absolute atomic E-state index is 11.0. The molecule has 6 N–H and O–H groups in total. The number of rotatable bonds is 11. The second kappa shape index (κ2) is 9.49. The number of carboxylic acids is 2. The third-order valence-corrected chi connectivity index (χ3v) is 5.76. The zero-order valence-electron chi connectivity index (χ0n) is 14.8. The van der Waals surface area contributed by atoms with Crippen molar-refractivity contribution in [1.29, 1.82) is 0 Å². The van der Waals surface area contributed by atoms with Crippen molar-refractivity contribution in [2.45, 2.75) is 64.8 Å². The van der Waals surface area contributed by atoms with Crippen molar-refractivity contribution >= 4 is 23.7 Å². The van der Waals surface area contributed by atoms with Crippen LogP contribution in [0, 0.1) is 17.3 Å². The van der Waals surface area contributed by atoms with Crippen LogP contribution < -0.4 is 11.5 Å². The van der Waals surface area contributed by atoms with Crippen molar-refractivity contribution in [3.63, 3.8) is 0 Å². The Morgan fingerprint density at radius 1 is 1.09 bits per heavy atom. The average Bonchev–Trinajstić information content (AvgIpc) is 2.42. The highest BCUT2D eigenvalue weighted by atomic mass is 32.2. The molecule has 23 heavy (non-hydrogen) atoms. The third-order valence-electron chi connectivity index (χ3n) is 4.26. The lowest BCUT2D eigenvalue weighted by Crippen LogP contribution is -2.45. The maximum Gasteiger partial charge on any atom is 0.321 e. The molecule has 0 aliphatic heterocycles. The van der Waals surface area contributed by atoms with Crippen molar-refractivity contribution in [2.75, 3.05) is 5.75 Å². The minimum Gasteiger partial charge on any atom is -0.480 e. The number of carboxylic acid groups (broad SMARTS) is 2. The van der Waals surface area contributed by atoms with Crippen LogP contribution in [0.3, 0.4) is 0 Å². The van der Waals surface area contributed by atoms with Gasteiger partial charge in [0, 0.05) is 5.25 Å². The largest absolute Gasteiger partial charge is 0.480 e. The molecule has 0 rings (SSSR count). The molecule has 6 nitrogen and oxygen atoms in total. The topological polar surface area (TPSA) is 127 Å². The Kier molecular flexibility index (Phi) is 9.17. The molecule has 0 heterocycles. The van der Waals surface area contributed by atoms with Gasteiger partial charge in [0.05, 0.1) is 0 Å². The highest BCUT2D eigenvalue weighted by Gasteiger charge is 2.33. The van der Waals surface area contributed by atoms with Crippen LogP contribution in [-0.4, -0.2) is 45.2 Å². The van der Waals surface area contributed by atoms with Gasteiger partial charge in [-0.25, -0.2) is 0 Å². The first-order valence-corrected chi connectivity index (χ1v) is 9.01. The van der Waals surface area contributed by atoms with Crippen molar-refractivity contribution < 1.29 is 19.8 Å². The standard InChI is InChI=1S/C16H32N2O4S/c1-9(6-10(2)12(17)14(19)20)8-23-11(3)7-16(4,5)13(18)15(21)22/h9-13H,6-8,17-18H2,1-5H3,(H,19,20)(H,21,22). The molecule has 0 amide bonds. The van der Waals surface area contributed by atoms with E-state index >= 15 is 0 Å². The summed E-state index contributed by atoms with van der Waals surface area (Å²) in [5.41, 5.74) is 10.9. The molecule has 5 unspecified atom stereocenters. The molecule has 0 aromatic rings. The molecule has 136 valence electrons. The predicted molar refractivity (Wildman–Crippen MR) is 94.5 cm³/mol. The van der Waals surface area contributed by atoms with Crippen LogP contribution in [0.15, 0.2) is 0 Å². The molecule has 0 aromatic heterocycles. The summed E-state index contributed by atoms with van der Waals surface area (Å²) in [6.07, 6.45) is 1.47. The van der Waals surface area contributed by atoms with Crippen LogP contribution in [-0.2, 0) is 9.59 Å². The van der Waals surface area contributed by atoms with Crippen LogP contribution in [0.4, 0.5) is 0 Å². The Hall–Kier alpha value is -0.790. The van der Waals surface area contributed by atoms with Crippen LogP contribution in [0.2, 0.25) is 0 Å². The monoisotopic (exact) mass is 348 g/mol. The predicted octanol–water partition coefficient (Wildman–Crippen LogP) is 2.01. The van der Waals surface area contributed by atoms with Gasteiger partial charge in [-0.2, -0.15) is 11.8 Å². The Morgan fingerprint density at radius 3 is 2.04 bits per heavy atom. The molecule has 0 aromatic carbocycles. The lowest BCUT2D eigenvalue weighted by atomic mass is 9.81. The highest BCUT2D eigenvalue weighted by Crippen LogP contribution is 2.32. The summed E-state index contributed by atoms with van der Waals surface area (Å²) >= 11 is 1.77. The summed E-state index contributed by atoms with van der Waals surface area (Å²) in [5, 5.41) is 18.2. The average molecular weight is 349 g/mol. The zero-order valence-corrected chi connectivity index (χ0v) is 15.6. The van der Waals surface area contributed by atoms with E-state index in [4.69, 9.17) is 21.7 Å². The van der Waals surface area contributed by atoms with Crippen LogP contribution in [0.1, 0.15) is 47.5 Å². The van der Waals surface area contributed by atoms with Crippen molar-refractivity contribution in [1.82, 2.24) is 0 Å². The molecule has 0 bridgehead atoms. The van der Waals surface area contributed by atoms with Gasteiger partial charge in [-0.15, -0.1) is 0 Å². The first kappa shape index (κ1) is 22.2. The molecule has 5 atom stereocenters. The SMILES string of the molecule is CC(CSC(C)CC(C)(C)C(N)C(=O)O)CC(C)C(N)C(=O)O. The van der Waals surface area contributed by atoms with Crippen molar-refractivity contribution in [3.8, 4) is 0 Å². The van der Waals surface area contributed by atoms with E-state index in [1.807, 2.05) is 20.8 Å². The summed E-state index contributed by atoms with van der Waals surface area (Å²) in [4.78, 5) is 21.9. The minimum absolute atomic E-state index is 0.0738. The molecule has 0 radical (unpaired) electrons. The van der Waals surface area contributed by atoms with E-state index in [1.54, 1.807) is 11.8 Å². The first-order chi connectivity index (χ1) is 10.4. The van der Waals surface area contributed by atoms with E-state index in [-0.39, 0.29) is 11.2 Å². The fraction of sp³-hybridized carbons (Fsp3) is 0.875. The van der Waals surface area contributed by atoms with Gasteiger partial charge in [-0.05, 0) is 35.8 Å². The van der Waals surface area contributed by atoms with Crippen LogP contribution in [0.5, 0.6) is 0 Å². The quantitative estimate of drug-likeness (QED) is 0.450. The number of aliphatic carboxylic acids is 2.